The number of allylic oxidation sites excluding steroid dienone is 1. The Morgan fingerprint density at radius 3 is 2.80 bits per heavy atom. The van der Waals surface area contributed by atoms with Crippen LogP contribution < -0.4 is 14.4 Å². The van der Waals surface area contributed by atoms with Gasteiger partial charge in [0, 0.05) is 55.0 Å². The highest BCUT2D eigenvalue weighted by Gasteiger charge is 2.44. The third-order valence-electron chi connectivity index (χ3n) is 10.9. The molecule has 3 heterocycles. The van der Waals surface area contributed by atoms with E-state index in [0.29, 0.717) is 49.0 Å². The highest BCUT2D eigenvalue weighted by molar-refractivity contribution is 7.92. The van der Waals surface area contributed by atoms with Crippen molar-refractivity contribution in [1.82, 2.24) is 9.71 Å². The Kier molecular flexibility index (Phi) is 10.3. The van der Waals surface area contributed by atoms with E-state index in [0.717, 1.165) is 61.5 Å². The van der Waals surface area contributed by atoms with Crippen LogP contribution in [0.15, 0.2) is 77.4 Å². The van der Waals surface area contributed by atoms with Gasteiger partial charge >= 0.3 is 0 Å². The van der Waals surface area contributed by atoms with Crippen molar-refractivity contribution in [2.24, 2.45) is 16.2 Å². The number of halogens is 1. The normalized spacial score (nSPS) is 28.6. The molecule has 7 rings (SSSR count). The smallest absolute Gasteiger partial charge is 0.286 e. The summed E-state index contributed by atoms with van der Waals surface area (Å²) >= 11 is 6.45. The van der Waals surface area contributed by atoms with Crippen LogP contribution in [0.25, 0.3) is 0 Å². The number of methoxy groups -OCH3 is 1. The van der Waals surface area contributed by atoms with Crippen LogP contribution in [0.5, 0.6) is 5.75 Å². The minimum absolute atomic E-state index is 0.0364. The quantitative estimate of drug-likeness (QED) is 0.287. The number of hydrogen-bond acceptors (Lipinski definition) is 7. The first-order chi connectivity index (χ1) is 24.2. The lowest BCUT2D eigenvalue weighted by Crippen LogP contribution is -2.49. The average Bonchev–Trinajstić information content (AvgIpc) is 3.25. The van der Waals surface area contributed by atoms with Gasteiger partial charge in [-0.25, -0.2) is 4.21 Å². The zero-order chi connectivity index (χ0) is 34.7. The second-order valence-electron chi connectivity index (χ2n) is 14.2. The standard InChI is InChI=1S/C39H45ClN4O5S/c1-48-35-7-3-2-4-21-50(47,42-37(45)15-8-27-16-19-41-20-17-27)43-38(46)29-10-14-36-34(23-29)44(24-30-9-12-32(30)35)25-39(26-49-36)18-5-6-28-22-31(40)11-13-33(28)39/h3,7,10-11,13-14,16-17,19-20,22-23,30,32,35H,2,4-6,8-9,12,15,18,21,24-26H2,1H3,(H,42,43,45,46,47)/b7-3+/t30-,32+,35-,39-,50+/m0/s1. The molecule has 0 radical (unpaired) electrons. The Labute approximate surface area is 300 Å². The van der Waals surface area contributed by atoms with Gasteiger partial charge in [0.2, 0.25) is 5.91 Å². The van der Waals surface area contributed by atoms with Gasteiger partial charge in [0.1, 0.15) is 15.7 Å². The molecule has 264 valence electrons. The van der Waals surface area contributed by atoms with Gasteiger partial charge in [-0.3, -0.25) is 19.3 Å². The number of nitrogens with zero attached hydrogens (tertiary/aromatic N) is 3. The van der Waals surface area contributed by atoms with E-state index in [4.69, 9.17) is 21.1 Å². The monoisotopic (exact) mass is 716 g/mol. The number of amides is 2. The minimum atomic E-state index is -3.40. The molecule has 2 bridgehead atoms. The number of carbonyl (C=O) groups is 2. The highest BCUT2D eigenvalue weighted by Crippen LogP contribution is 2.47. The molecule has 50 heavy (non-hydrogen) atoms. The second kappa shape index (κ2) is 14.9. The lowest BCUT2D eigenvalue weighted by atomic mass is 9.68. The maximum absolute atomic E-state index is 14.2. The fourth-order valence-corrected chi connectivity index (χ4v) is 9.97. The minimum Gasteiger partial charge on any atom is -0.490 e. The number of aryl methyl sites for hydroxylation is 2. The third kappa shape index (κ3) is 7.48. The van der Waals surface area contributed by atoms with E-state index in [1.807, 2.05) is 30.3 Å². The lowest BCUT2D eigenvalue weighted by Gasteiger charge is -2.46. The van der Waals surface area contributed by atoms with Gasteiger partial charge in [0.15, 0.2) is 0 Å². The molecular weight excluding hydrogens is 672 g/mol. The summed E-state index contributed by atoms with van der Waals surface area (Å²) in [5, 5.41) is 0.744. The van der Waals surface area contributed by atoms with E-state index in [9.17, 15) is 13.8 Å². The Bertz CT molecular complexity index is 1890. The van der Waals surface area contributed by atoms with E-state index < -0.39 is 21.7 Å². The molecular formula is C39H45ClN4O5S. The molecule has 0 unspecified atom stereocenters. The molecule has 5 atom stereocenters. The molecule has 1 N–H and O–H groups in total. The number of anilines is 1. The molecule has 1 aromatic heterocycles. The summed E-state index contributed by atoms with van der Waals surface area (Å²) in [6, 6.07) is 15.3. The number of aromatic nitrogens is 1. The Morgan fingerprint density at radius 1 is 1.14 bits per heavy atom. The van der Waals surface area contributed by atoms with Crippen LogP contribution in [0, 0.1) is 11.8 Å². The number of fused-ring (bicyclic) bond motifs is 4. The van der Waals surface area contributed by atoms with Crippen molar-refractivity contribution in [1.29, 1.82) is 0 Å². The Hall–Kier alpha value is -3.73. The van der Waals surface area contributed by atoms with Crippen molar-refractivity contribution in [3.05, 3.63) is 100 Å². The zero-order valence-electron chi connectivity index (χ0n) is 28.5. The molecule has 2 amide bonds. The first-order valence-electron chi connectivity index (χ1n) is 17.7. The SMILES string of the molecule is CO[C@H]1/C=C/CCC[S@@](=O)(NC(=O)CCc2ccncc2)=NC(=O)c2ccc3c(c2)N(C[C@@H]2CC[C@H]21)C[C@@]1(CCCc2cc(Cl)ccc21)CO3. The Morgan fingerprint density at radius 2 is 2.00 bits per heavy atom. The molecule has 4 aliphatic rings. The average molecular weight is 717 g/mol. The molecule has 0 saturated heterocycles. The van der Waals surface area contributed by atoms with Gasteiger partial charge < -0.3 is 14.4 Å². The van der Waals surface area contributed by atoms with Crippen molar-refractivity contribution in [3.8, 4) is 5.75 Å². The number of pyridine rings is 1. The molecule has 3 aromatic rings. The molecule has 1 spiro atoms. The van der Waals surface area contributed by atoms with E-state index >= 15 is 0 Å². The van der Waals surface area contributed by atoms with E-state index in [1.54, 1.807) is 25.6 Å². The maximum Gasteiger partial charge on any atom is 0.286 e. The summed E-state index contributed by atoms with van der Waals surface area (Å²) in [6.45, 7) is 2.03. The van der Waals surface area contributed by atoms with Crippen molar-refractivity contribution in [2.45, 2.75) is 69.3 Å². The summed E-state index contributed by atoms with van der Waals surface area (Å²) in [4.78, 5) is 33.4. The number of nitrogens with one attached hydrogen (secondary N) is 1. The van der Waals surface area contributed by atoms with Crippen LogP contribution in [0.1, 0.15) is 72.0 Å². The highest BCUT2D eigenvalue weighted by atomic mass is 35.5. The van der Waals surface area contributed by atoms with E-state index in [-0.39, 0.29) is 23.7 Å². The lowest BCUT2D eigenvalue weighted by molar-refractivity contribution is -0.119. The van der Waals surface area contributed by atoms with Crippen LogP contribution in [0.3, 0.4) is 0 Å². The van der Waals surface area contributed by atoms with Gasteiger partial charge in [-0.05, 0) is 122 Å². The molecule has 9 nitrogen and oxygen atoms in total. The number of ether oxygens (including phenoxy) is 2. The molecule has 2 aromatic carbocycles. The molecule has 1 fully saturated rings. The molecule has 1 saturated carbocycles. The number of hydrogen-bond donors (Lipinski definition) is 1. The van der Waals surface area contributed by atoms with Crippen LogP contribution >= 0.6 is 11.6 Å². The molecule has 11 heteroatoms. The number of rotatable bonds is 5. The Balaban J connectivity index is 1.24. The zero-order valence-corrected chi connectivity index (χ0v) is 30.1. The van der Waals surface area contributed by atoms with Crippen LogP contribution in [-0.2, 0) is 37.7 Å². The van der Waals surface area contributed by atoms with Gasteiger partial charge in [-0.15, -0.1) is 4.36 Å². The van der Waals surface area contributed by atoms with Crippen LogP contribution in [-0.4, -0.2) is 59.7 Å². The van der Waals surface area contributed by atoms with Gasteiger partial charge in [0.25, 0.3) is 5.91 Å². The summed E-state index contributed by atoms with van der Waals surface area (Å²) in [7, 11) is -1.64. The fourth-order valence-electron chi connectivity index (χ4n) is 8.15. The number of benzene rings is 2. The van der Waals surface area contributed by atoms with Gasteiger partial charge in [-0.2, -0.15) is 0 Å². The summed E-state index contributed by atoms with van der Waals surface area (Å²) in [5.74, 6) is 0.495. The van der Waals surface area contributed by atoms with Gasteiger partial charge in [-0.1, -0.05) is 29.8 Å². The van der Waals surface area contributed by atoms with Crippen molar-refractivity contribution >= 4 is 39.0 Å². The molecule has 2 aliphatic heterocycles. The van der Waals surface area contributed by atoms with E-state index in [2.05, 4.69) is 43.3 Å². The maximum atomic E-state index is 14.2. The summed E-state index contributed by atoms with van der Waals surface area (Å²) in [5.41, 5.74) is 4.39. The number of carbonyl (C=O) groups excluding carboxylic acids is 2. The third-order valence-corrected chi connectivity index (χ3v) is 13.0. The van der Waals surface area contributed by atoms with Crippen molar-refractivity contribution in [3.63, 3.8) is 0 Å². The van der Waals surface area contributed by atoms with Crippen LogP contribution in [0.2, 0.25) is 5.02 Å². The second-order valence-corrected chi connectivity index (χ2v) is 16.7. The topological polar surface area (TPSA) is 110 Å². The largest absolute Gasteiger partial charge is 0.490 e. The summed E-state index contributed by atoms with van der Waals surface area (Å²) in [6.07, 6.45) is 14.4. The molecule has 2 aliphatic carbocycles. The van der Waals surface area contributed by atoms with E-state index in [1.165, 1.54) is 11.1 Å². The van der Waals surface area contributed by atoms with Gasteiger partial charge in [0.05, 0.1) is 24.2 Å². The van der Waals surface area contributed by atoms with Crippen LogP contribution in [0.4, 0.5) is 5.69 Å². The van der Waals surface area contributed by atoms with Crippen molar-refractivity contribution in [2.75, 3.05) is 37.5 Å². The first-order valence-corrected chi connectivity index (χ1v) is 19.8. The van der Waals surface area contributed by atoms with Crippen molar-refractivity contribution < 1.29 is 23.3 Å². The summed E-state index contributed by atoms with van der Waals surface area (Å²) < 4.78 is 33.8. The first kappa shape index (κ1) is 34.7. The fraction of sp³-hybridized carbons (Fsp3) is 0.462. The predicted molar refractivity (Wildman–Crippen MR) is 196 cm³/mol. The predicted octanol–water partition coefficient (Wildman–Crippen LogP) is 6.87.